The number of benzene rings is 1. The Hall–Kier alpha value is -2.83. The third-order valence-corrected chi connectivity index (χ3v) is 4.01. The number of carbonyl (C=O) groups is 1. The second-order valence-corrected chi connectivity index (χ2v) is 5.47. The summed E-state index contributed by atoms with van der Waals surface area (Å²) in [7, 11) is 0. The van der Waals surface area contributed by atoms with Gasteiger partial charge in [-0.2, -0.15) is 10.5 Å². The normalized spacial score (nSPS) is 9.77. The number of anilines is 1. The molecule has 108 valence electrons. The number of nitrogens with zero attached hydrogens (tertiary/aromatic N) is 3. The average Bonchev–Trinajstić information content (AvgIpc) is 2.52. The molecule has 0 amide bonds. The highest BCUT2D eigenvalue weighted by molar-refractivity contribution is 8.00. The summed E-state index contributed by atoms with van der Waals surface area (Å²) >= 11 is 1.15. The SMILES string of the molecule is CC(=O)CSc1nc(N)c(C#N)c(-c2ccccc2)c1C#N. The second kappa shape index (κ2) is 6.75. The fraction of sp³-hybridized carbons (Fsp3) is 0.125. The fourth-order valence-electron chi connectivity index (χ4n) is 1.97. The number of nitriles is 2. The number of nitrogens with two attached hydrogens (primary N) is 1. The van der Waals surface area contributed by atoms with Crippen molar-refractivity contribution in [3.05, 3.63) is 41.5 Å². The monoisotopic (exact) mass is 308 g/mol. The van der Waals surface area contributed by atoms with Crippen molar-refractivity contribution < 1.29 is 4.79 Å². The lowest BCUT2D eigenvalue weighted by atomic mass is 9.97. The number of hydrogen-bond acceptors (Lipinski definition) is 6. The minimum Gasteiger partial charge on any atom is -0.383 e. The quantitative estimate of drug-likeness (QED) is 0.871. The Labute approximate surface area is 132 Å². The summed E-state index contributed by atoms with van der Waals surface area (Å²) in [6, 6.07) is 13.2. The van der Waals surface area contributed by atoms with Crippen molar-refractivity contribution in [1.82, 2.24) is 4.98 Å². The number of hydrogen-bond donors (Lipinski definition) is 1. The van der Waals surface area contributed by atoms with Crippen LogP contribution in [0.3, 0.4) is 0 Å². The number of rotatable bonds is 4. The average molecular weight is 308 g/mol. The van der Waals surface area contributed by atoms with E-state index < -0.39 is 0 Å². The maximum atomic E-state index is 11.2. The van der Waals surface area contributed by atoms with Crippen LogP contribution in [0.1, 0.15) is 18.1 Å². The van der Waals surface area contributed by atoms with E-state index in [1.807, 2.05) is 24.3 Å². The number of Topliss-reactive ketones (excluding diaryl/α,β-unsaturated/α-hetero) is 1. The van der Waals surface area contributed by atoms with E-state index in [9.17, 15) is 15.3 Å². The standard InChI is InChI=1S/C16H12N4OS/c1-10(21)9-22-16-13(8-18)14(11-5-3-2-4-6-11)12(7-17)15(19)20-16/h2-6H,9H2,1H3,(H2,19,20). The summed E-state index contributed by atoms with van der Waals surface area (Å²) in [6.45, 7) is 1.46. The van der Waals surface area contributed by atoms with Crippen LogP contribution >= 0.6 is 11.8 Å². The van der Waals surface area contributed by atoms with Crippen LogP contribution in [0.2, 0.25) is 0 Å². The molecule has 0 fully saturated rings. The Morgan fingerprint density at radius 2 is 1.86 bits per heavy atom. The molecule has 22 heavy (non-hydrogen) atoms. The topological polar surface area (TPSA) is 104 Å². The lowest BCUT2D eigenvalue weighted by molar-refractivity contribution is -0.114. The zero-order valence-electron chi connectivity index (χ0n) is 11.8. The maximum absolute atomic E-state index is 11.2. The van der Waals surface area contributed by atoms with Crippen molar-refractivity contribution in [2.24, 2.45) is 0 Å². The predicted molar refractivity (Wildman–Crippen MR) is 84.9 cm³/mol. The summed E-state index contributed by atoms with van der Waals surface area (Å²) in [5.74, 6) is 0.229. The summed E-state index contributed by atoms with van der Waals surface area (Å²) in [4.78, 5) is 15.3. The summed E-state index contributed by atoms with van der Waals surface area (Å²) in [5, 5.41) is 19.2. The Morgan fingerprint density at radius 1 is 1.23 bits per heavy atom. The van der Waals surface area contributed by atoms with Crippen LogP contribution in [0.25, 0.3) is 11.1 Å². The maximum Gasteiger partial charge on any atom is 0.143 e. The van der Waals surface area contributed by atoms with Crippen LogP contribution in [0, 0.1) is 22.7 Å². The summed E-state index contributed by atoms with van der Waals surface area (Å²) < 4.78 is 0. The molecule has 0 aliphatic heterocycles. The number of nitrogen functional groups attached to an aromatic ring is 1. The van der Waals surface area contributed by atoms with Crippen LogP contribution in [0.15, 0.2) is 35.4 Å². The van der Waals surface area contributed by atoms with Crippen molar-refractivity contribution in [2.45, 2.75) is 11.9 Å². The Balaban J connectivity index is 2.71. The molecule has 0 radical (unpaired) electrons. The van der Waals surface area contributed by atoms with Crippen LogP contribution in [-0.4, -0.2) is 16.5 Å². The van der Waals surface area contributed by atoms with Gasteiger partial charge in [0.1, 0.15) is 34.3 Å². The van der Waals surface area contributed by atoms with Gasteiger partial charge in [-0.05, 0) is 12.5 Å². The Bertz CT molecular complexity index is 804. The fourth-order valence-corrected chi connectivity index (χ4v) is 2.76. The van der Waals surface area contributed by atoms with Gasteiger partial charge in [0, 0.05) is 5.56 Å². The molecular weight excluding hydrogens is 296 g/mol. The van der Waals surface area contributed by atoms with E-state index in [1.54, 1.807) is 12.1 Å². The van der Waals surface area contributed by atoms with Gasteiger partial charge in [-0.1, -0.05) is 42.1 Å². The molecule has 0 bridgehead atoms. The van der Waals surface area contributed by atoms with Gasteiger partial charge in [0.25, 0.3) is 0 Å². The van der Waals surface area contributed by atoms with Gasteiger partial charge in [0.15, 0.2) is 0 Å². The molecule has 1 aromatic carbocycles. The predicted octanol–water partition coefficient (Wildman–Crippen LogP) is 2.76. The number of thioether (sulfide) groups is 1. The third-order valence-electron chi connectivity index (χ3n) is 2.89. The number of aromatic nitrogens is 1. The molecule has 5 nitrogen and oxygen atoms in total. The van der Waals surface area contributed by atoms with Gasteiger partial charge in [-0.15, -0.1) is 0 Å². The van der Waals surface area contributed by atoms with E-state index in [0.29, 0.717) is 10.6 Å². The first-order chi connectivity index (χ1) is 10.6. The smallest absolute Gasteiger partial charge is 0.143 e. The van der Waals surface area contributed by atoms with E-state index in [2.05, 4.69) is 11.1 Å². The van der Waals surface area contributed by atoms with E-state index >= 15 is 0 Å². The van der Waals surface area contributed by atoms with Crippen molar-refractivity contribution >= 4 is 23.4 Å². The number of pyridine rings is 1. The Kier molecular flexibility index (Phi) is 4.77. The molecule has 2 N–H and O–H groups in total. The molecule has 0 atom stereocenters. The lowest BCUT2D eigenvalue weighted by Gasteiger charge is -2.12. The van der Waals surface area contributed by atoms with Gasteiger partial charge in [0.2, 0.25) is 0 Å². The molecule has 0 saturated heterocycles. The Morgan fingerprint density at radius 3 is 2.41 bits per heavy atom. The third kappa shape index (κ3) is 3.08. The lowest BCUT2D eigenvalue weighted by Crippen LogP contribution is -2.04. The molecule has 0 aliphatic rings. The van der Waals surface area contributed by atoms with Gasteiger partial charge in [-0.3, -0.25) is 4.79 Å². The van der Waals surface area contributed by atoms with E-state index in [0.717, 1.165) is 17.3 Å². The number of ketones is 1. The first kappa shape index (κ1) is 15.6. The molecule has 1 heterocycles. The molecule has 2 aromatic rings. The van der Waals surface area contributed by atoms with Gasteiger partial charge >= 0.3 is 0 Å². The first-order valence-corrected chi connectivity index (χ1v) is 7.38. The van der Waals surface area contributed by atoms with Crippen LogP contribution in [-0.2, 0) is 4.79 Å². The van der Waals surface area contributed by atoms with Crippen LogP contribution in [0.5, 0.6) is 0 Å². The molecule has 0 spiro atoms. The molecule has 0 aliphatic carbocycles. The van der Waals surface area contributed by atoms with Crippen molar-refractivity contribution in [2.75, 3.05) is 11.5 Å². The number of carbonyl (C=O) groups excluding carboxylic acids is 1. The largest absolute Gasteiger partial charge is 0.383 e. The first-order valence-electron chi connectivity index (χ1n) is 6.39. The highest BCUT2D eigenvalue weighted by Crippen LogP contribution is 2.35. The van der Waals surface area contributed by atoms with Gasteiger partial charge < -0.3 is 5.73 Å². The summed E-state index contributed by atoms with van der Waals surface area (Å²) in [6.07, 6.45) is 0. The van der Waals surface area contributed by atoms with E-state index in [-0.39, 0.29) is 28.5 Å². The van der Waals surface area contributed by atoms with E-state index in [1.165, 1.54) is 6.92 Å². The molecule has 0 unspecified atom stereocenters. The second-order valence-electron chi connectivity index (χ2n) is 4.51. The molecular formula is C16H12N4OS. The zero-order chi connectivity index (χ0) is 16.1. The zero-order valence-corrected chi connectivity index (χ0v) is 12.6. The van der Waals surface area contributed by atoms with Gasteiger partial charge in [-0.25, -0.2) is 4.98 Å². The molecule has 1 aromatic heterocycles. The highest BCUT2D eigenvalue weighted by Gasteiger charge is 2.20. The van der Waals surface area contributed by atoms with Gasteiger partial charge in [0.05, 0.1) is 11.3 Å². The van der Waals surface area contributed by atoms with Crippen LogP contribution < -0.4 is 5.73 Å². The van der Waals surface area contributed by atoms with Crippen molar-refractivity contribution in [3.63, 3.8) is 0 Å². The van der Waals surface area contributed by atoms with Crippen LogP contribution in [0.4, 0.5) is 5.82 Å². The molecule has 2 rings (SSSR count). The summed E-state index contributed by atoms with van der Waals surface area (Å²) in [5.41, 5.74) is 7.48. The van der Waals surface area contributed by atoms with Crippen molar-refractivity contribution in [1.29, 1.82) is 10.5 Å². The highest BCUT2D eigenvalue weighted by atomic mass is 32.2. The van der Waals surface area contributed by atoms with E-state index in [4.69, 9.17) is 5.73 Å². The van der Waals surface area contributed by atoms with Crippen molar-refractivity contribution in [3.8, 4) is 23.3 Å². The molecule has 0 saturated carbocycles. The minimum atomic E-state index is -0.0279. The molecule has 6 heteroatoms. The minimum absolute atomic E-state index is 0.0279.